The number of fused-ring (bicyclic) bond motifs is 2. The number of nitrogens with zero attached hydrogens (tertiary/aromatic N) is 3. The van der Waals surface area contributed by atoms with Gasteiger partial charge in [0.05, 0.1) is 34.0 Å². The monoisotopic (exact) mass is 499 g/mol. The third-order valence-electron chi connectivity index (χ3n) is 6.24. The van der Waals surface area contributed by atoms with E-state index < -0.39 is 23.7 Å². The number of carboxylic acids is 1. The zero-order chi connectivity index (χ0) is 25.0. The van der Waals surface area contributed by atoms with Gasteiger partial charge in [0.1, 0.15) is 11.5 Å². The second-order valence-electron chi connectivity index (χ2n) is 8.36. The van der Waals surface area contributed by atoms with Gasteiger partial charge in [0, 0.05) is 24.4 Å². The van der Waals surface area contributed by atoms with Gasteiger partial charge in [0.25, 0.3) is 5.78 Å². The number of Topliss-reactive ketones (excluding diaryl/α,β-unsaturated/α-hetero) is 1. The first-order valence-corrected chi connectivity index (χ1v) is 11.8. The molecule has 178 valence electrons. The standard InChI is InChI=1S/C26H17N3O6S/c30-22(14-4-6-18-13(10-14)7-9-35-18)20-21(16-2-1-8-27-12-16)29(24(32)23(20)31)26-28-17-5-3-15(25(33)34)11-19(17)36-26/h1-6,8,10-12,21,30H,7,9H2,(H,33,34)/b22-20+. The van der Waals surface area contributed by atoms with Crippen LogP contribution in [-0.2, 0) is 16.0 Å². The van der Waals surface area contributed by atoms with E-state index in [0.717, 1.165) is 22.6 Å². The van der Waals surface area contributed by atoms with Gasteiger partial charge >= 0.3 is 11.9 Å². The Morgan fingerprint density at radius 2 is 1.92 bits per heavy atom. The highest BCUT2D eigenvalue weighted by molar-refractivity contribution is 7.22. The van der Waals surface area contributed by atoms with Crippen LogP contribution in [0.5, 0.6) is 5.75 Å². The molecule has 0 bridgehead atoms. The minimum Gasteiger partial charge on any atom is -0.507 e. The first kappa shape index (κ1) is 21.9. The number of amides is 1. The van der Waals surface area contributed by atoms with Crippen LogP contribution < -0.4 is 9.64 Å². The summed E-state index contributed by atoms with van der Waals surface area (Å²) in [5.41, 5.74) is 2.34. The molecule has 2 aliphatic heterocycles. The van der Waals surface area contributed by atoms with E-state index in [1.807, 2.05) is 0 Å². The Morgan fingerprint density at radius 1 is 1.08 bits per heavy atom. The maximum absolute atomic E-state index is 13.3. The zero-order valence-corrected chi connectivity index (χ0v) is 19.4. The number of ketones is 1. The lowest BCUT2D eigenvalue weighted by molar-refractivity contribution is -0.132. The van der Waals surface area contributed by atoms with Gasteiger partial charge in [-0.05, 0) is 53.6 Å². The lowest BCUT2D eigenvalue weighted by atomic mass is 9.95. The number of aliphatic hydroxyl groups excluding tert-OH is 1. The Kier molecular flexibility index (Phi) is 5.04. The van der Waals surface area contributed by atoms with Crippen LogP contribution >= 0.6 is 11.3 Å². The molecule has 1 fully saturated rings. The number of thiazole rings is 1. The van der Waals surface area contributed by atoms with Crippen LogP contribution in [0.25, 0.3) is 16.0 Å². The van der Waals surface area contributed by atoms with E-state index in [9.17, 15) is 24.6 Å². The molecule has 1 amide bonds. The van der Waals surface area contributed by atoms with Crippen molar-refractivity contribution in [2.75, 3.05) is 11.5 Å². The molecule has 10 heteroatoms. The number of carbonyl (C=O) groups excluding carboxylic acids is 2. The Morgan fingerprint density at radius 3 is 2.69 bits per heavy atom. The minimum absolute atomic E-state index is 0.0719. The molecule has 0 aliphatic carbocycles. The van der Waals surface area contributed by atoms with Gasteiger partial charge in [-0.2, -0.15) is 0 Å². The van der Waals surface area contributed by atoms with E-state index in [0.29, 0.717) is 34.4 Å². The smallest absolute Gasteiger partial charge is 0.335 e. The fraction of sp³-hybridized carbons (Fsp3) is 0.115. The summed E-state index contributed by atoms with van der Waals surface area (Å²) < 4.78 is 6.09. The molecule has 0 radical (unpaired) electrons. The summed E-state index contributed by atoms with van der Waals surface area (Å²) in [4.78, 5) is 47.9. The first-order chi connectivity index (χ1) is 17.4. The normalized spacial score (nSPS) is 18.4. The second kappa shape index (κ2) is 8.28. The highest BCUT2D eigenvalue weighted by atomic mass is 32.1. The topological polar surface area (TPSA) is 130 Å². The molecule has 4 aromatic rings. The molecule has 2 N–H and O–H groups in total. The lowest BCUT2D eigenvalue weighted by Gasteiger charge is -2.22. The molecule has 36 heavy (non-hydrogen) atoms. The minimum atomic E-state index is -1.08. The zero-order valence-electron chi connectivity index (χ0n) is 18.5. The number of aromatic carboxylic acids is 1. The number of aromatic nitrogens is 2. The quantitative estimate of drug-likeness (QED) is 0.245. The summed E-state index contributed by atoms with van der Waals surface area (Å²) in [6.45, 7) is 0.542. The average molecular weight is 500 g/mol. The van der Waals surface area contributed by atoms with Crippen molar-refractivity contribution in [3.8, 4) is 5.75 Å². The highest BCUT2D eigenvalue weighted by Crippen LogP contribution is 2.44. The molecule has 2 aromatic heterocycles. The maximum atomic E-state index is 13.3. The molecule has 2 aromatic carbocycles. The third-order valence-corrected chi connectivity index (χ3v) is 7.26. The SMILES string of the molecule is O=C1C(=O)N(c2nc3ccc(C(=O)O)cc3s2)C(c2cccnc2)/C1=C(\O)c1ccc2c(c1)CCO2. The molecule has 1 atom stereocenters. The van der Waals surface area contributed by atoms with Gasteiger partial charge in [0.2, 0.25) is 0 Å². The number of aliphatic hydroxyl groups is 1. The van der Waals surface area contributed by atoms with E-state index in [-0.39, 0.29) is 22.0 Å². The van der Waals surface area contributed by atoms with Crippen LogP contribution in [0.15, 0.2) is 66.5 Å². The number of benzene rings is 2. The lowest BCUT2D eigenvalue weighted by Crippen LogP contribution is -2.29. The first-order valence-electron chi connectivity index (χ1n) is 11.0. The van der Waals surface area contributed by atoms with Crippen LogP contribution in [0.2, 0.25) is 0 Å². The van der Waals surface area contributed by atoms with Crippen molar-refractivity contribution >= 4 is 50.1 Å². The molecular weight excluding hydrogens is 482 g/mol. The number of hydrogen-bond donors (Lipinski definition) is 2. The van der Waals surface area contributed by atoms with Crippen LogP contribution in [0.4, 0.5) is 5.13 Å². The number of rotatable bonds is 4. The molecule has 9 nitrogen and oxygen atoms in total. The van der Waals surface area contributed by atoms with Gasteiger partial charge < -0.3 is 14.9 Å². The summed E-state index contributed by atoms with van der Waals surface area (Å²) in [5, 5.41) is 20.8. The van der Waals surface area contributed by atoms with Gasteiger partial charge in [-0.15, -0.1) is 0 Å². The Labute approximate surface area is 207 Å². The Balaban J connectivity index is 1.53. The van der Waals surface area contributed by atoms with Gasteiger partial charge in [-0.1, -0.05) is 17.4 Å². The van der Waals surface area contributed by atoms with E-state index in [2.05, 4.69) is 9.97 Å². The van der Waals surface area contributed by atoms with E-state index in [4.69, 9.17) is 4.74 Å². The summed E-state index contributed by atoms with van der Waals surface area (Å²) in [6, 6.07) is 12.0. The predicted molar refractivity (Wildman–Crippen MR) is 131 cm³/mol. The van der Waals surface area contributed by atoms with Crippen LogP contribution in [0.1, 0.15) is 33.1 Å². The van der Waals surface area contributed by atoms with Gasteiger partial charge in [0.15, 0.2) is 5.13 Å². The second-order valence-corrected chi connectivity index (χ2v) is 9.37. The number of hydrogen-bond acceptors (Lipinski definition) is 8. The van der Waals surface area contributed by atoms with Crippen molar-refractivity contribution in [2.24, 2.45) is 0 Å². The Hall–Kier alpha value is -4.57. The number of ether oxygens (including phenoxy) is 1. The van der Waals surface area contributed by atoms with Crippen LogP contribution in [0, 0.1) is 0 Å². The molecule has 2 aliphatic rings. The molecule has 1 unspecified atom stereocenters. The number of anilines is 1. The van der Waals surface area contributed by atoms with E-state index in [1.54, 1.807) is 42.6 Å². The van der Waals surface area contributed by atoms with E-state index >= 15 is 0 Å². The fourth-order valence-corrected chi connectivity index (χ4v) is 5.55. The molecule has 0 saturated carbocycles. The maximum Gasteiger partial charge on any atom is 0.335 e. The van der Waals surface area contributed by atoms with E-state index in [1.165, 1.54) is 23.2 Å². The average Bonchev–Trinajstić information content (AvgIpc) is 3.59. The van der Waals surface area contributed by atoms with Crippen molar-refractivity contribution in [1.82, 2.24) is 9.97 Å². The van der Waals surface area contributed by atoms with Gasteiger partial charge in [-0.3, -0.25) is 19.5 Å². The fourth-order valence-electron chi connectivity index (χ4n) is 4.52. The Bertz CT molecular complexity index is 1610. The summed E-state index contributed by atoms with van der Waals surface area (Å²) in [6.07, 6.45) is 3.78. The predicted octanol–water partition coefficient (Wildman–Crippen LogP) is 3.95. The van der Waals surface area contributed by atoms with Crippen molar-refractivity contribution in [3.63, 3.8) is 0 Å². The number of carbonyl (C=O) groups is 3. The summed E-state index contributed by atoms with van der Waals surface area (Å²) >= 11 is 1.09. The number of pyridine rings is 1. The van der Waals surface area contributed by atoms with Crippen molar-refractivity contribution in [2.45, 2.75) is 12.5 Å². The van der Waals surface area contributed by atoms with Crippen molar-refractivity contribution in [1.29, 1.82) is 0 Å². The van der Waals surface area contributed by atoms with Crippen molar-refractivity contribution in [3.05, 3.63) is 88.8 Å². The molecule has 1 saturated heterocycles. The highest BCUT2D eigenvalue weighted by Gasteiger charge is 2.48. The molecular formula is C26H17N3O6S. The molecule has 4 heterocycles. The van der Waals surface area contributed by atoms with Crippen LogP contribution in [0.3, 0.4) is 0 Å². The van der Waals surface area contributed by atoms with Crippen LogP contribution in [-0.4, -0.2) is 44.4 Å². The van der Waals surface area contributed by atoms with Gasteiger partial charge in [-0.25, -0.2) is 9.78 Å². The molecule has 6 rings (SSSR count). The number of carboxylic acid groups (broad SMARTS) is 1. The summed E-state index contributed by atoms with van der Waals surface area (Å²) in [7, 11) is 0. The largest absolute Gasteiger partial charge is 0.507 e. The summed E-state index contributed by atoms with van der Waals surface area (Å²) in [5.74, 6) is -2.34. The third kappa shape index (κ3) is 3.42. The van der Waals surface area contributed by atoms with Crippen molar-refractivity contribution < 1.29 is 29.3 Å². The molecule has 0 spiro atoms.